The third kappa shape index (κ3) is 2.99. The van der Waals surface area contributed by atoms with Crippen LogP contribution in [0.5, 0.6) is 0 Å². The van der Waals surface area contributed by atoms with E-state index >= 15 is 0 Å². The van der Waals surface area contributed by atoms with E-state index in [1.165, 1.54) is 4.90 Å². The molecule has 2 amide bonds. The van der Waals surface area contributed by atoms with Crippen molar-refractivity contribution >= 4 is 22.7 Å². The predicted octanol–water partition coefficient (Wildman–Crippen LogP) is 4.26. The molecule has 0 aliphatic carbocycles. The number of amides is 2. The van der Waals surface area contributed by atoms with Crippen LogP contribution in [0, 0.1) is 13.8 Å². The maximum atomic E-state index is 12.4. The minimum atomic E-state index is -0.233. The number of furan rings is 1. The molecule has 0 radical (unpaired) electrons. The highest BCUT2D eigenvalue weighted by molar-refractivity contribution is 6.00. The lowest BCUT2D eigenvalue weighted by molar-refractivity contribution is 0.214. The standard InChI is InChI=1S/C18H21N3O3/c1-5-16-12(3)14-7-6-8-15(17(14)23-16)19-18(22)21(4)10-13-9-11(2)20-24-13/h6-9H,5,10H2,1-4H3,(H,19,22). The van der Waals surface area contributed by atoms with Crippen LogP contribution in [0.15, 0.2) is 33.2 Å². The van der Waals surface area contributed by atoms with Gasteiger partial charge in [-0.15, -0.1) is 0 Å². The van der Waals surface area contributed by atoms with Crippen LogP contribution < -0.4 is 5.32 Å². The Bertz CT molecular complexity index is 879. The van der Waals surface area contributed by atoms with Crippen LogP contribution in [-0.2, 0) is 13.0 Å². The van der Waals surface area contributed by atoms with E-state index in [4.69, 9.17) is 8.94 Å². The molecule has 6 nitrogen and oxygen atoms in total. The van der Waals surface area contributed by atoms with Gasteiger partial charge in [-0.1, -0.05) is 24.2 Å². The predicted molar refractivity (Wildman–Crippen MR) is 92.1 cm³/mol. The minimum Gasteiger partial charge on any atom is -0.459 e. The topological polar surface area (TPSA) is 71.5 Å². The molecule has 1 aromatic carbocycles. The third-order valence-corrected chi connectivity index (χ3v) is 4.04. The van der Waals surface area contributed by atoms with Crippen molar-refractivity contribution in [2.45, 2.75) is 33.7 Å². The van der Waals surface area contributed by atoms with Crippen LogP contribution in [0.4, 0.5) is 10.5 Å². The van der Waals surface area contributed by atoms with Gasteiger partial charge in [-0.2, -0.15) is 0 Å². The molecule has 0 aliphatic heterocycles. The summed E-state index contributed by atoms with van der Waals surface area (Å²) in [5, 5.41) is 7.76. The molecule has 0 fully saturated rings. The average Bonchev–Trinajstić information content (AvgIpc) is 3.11. The third-order valence-electron chi connectivity index (χ3n) is 4.04. The molecule has 24 heavy (non-hydrogen) atoms. The Kier molecular flexibility index (Phi) is 4.29. The van der Waals surface area contributed by atoms with Crippen molar-refractivity contribution in [2.75, 3.05) is 12.4 Å². The fourth-order valence-electron chi connectivity index (χ4n) is 2.74. The SMILES string of the molecule is CCc1oc2c(NC(=O)N(C)Cc3cc(C)no3)cccc2c1C. The summed E-state index contributed by atoms with van der Waals surface area (Å²) in [6, 6.07) is 7.34. The van der Waals surface area contributed by atoms with Gasteiger partial charge in [0.1, 0.15) is 5.76 Å². The smallest absolute Gasteiger partial charge is 0.322 e. The van der Waals surface area contributed by atoms with Gasteiger partial charge in [0.25, 0.3) is 0 Å². The van der Waals surface area contributed by atoms with E-state index in [0.717, 1.165) is 28.8 Å². The number of rotatable bonds is 4. The molecule has 0 saturated carbocycles. The lowest BCUT2D eigenvalue weighted by atomic mass is 10.1. The van der Waals surface area contributed by atoms with Crippen LogP contribution >= 0.6 is 0 Å². The number of hydrogen-bond acceptors (Lipinski definition) is 4. The molecule has 0 atom stereocenters. The maximum Gasteiger partial charge on any atom is 0.322 e. The van der Waals surface area contributed by atoms with Gasteiger partial charge >= 0.3 is 6.03 Å². The van der Waals surface area contributed by atoms with Crippen molar-refractivity contribution in [3.63, 3.8) is 0 Å². The summed E-state index contributed by atoms with van der Waals surface area (Å²) in [5.74, 6) is 1.59. The van der Waals surface area contributed by atoms with Crippen molar-refractivity contribution in [1.29, 1.82) is 0 Å². The van der Waals surface area contributed by atoms with E-state index < -0.39 is 0 Å². The van der Waals surface area contributed by atoms with Crippen molar-refractivity contribution in [3.8, 4) is 0 Å². The summed E-state index contributed by atoms with van der Waals surface area (Å²) in [6.07, 6.45) is 0.818. The molecule has 0 unspecified atom stereocenters. The summed E-state index contributed by atoms with van der Waals surface area (Å²) >= 11 is 0. The quantitative estimate of drug-likeness (QED) is 0.777. The highest BCUT2D eigenvalue weighted by atomic mass is 16.5. The Balaban J connectivity index is 1.80. The Labute approximate surface area is 140 Å². The molecular formula is C18H21N3O3. The summed E-state index contributed by atoms with van der Waals surface area (Å²) in [4.78, 5) is 14.0. The molecule has 6 heteroatoms. The molecule has 0 bridgehead atoms. The van der Waals surface area contributed by atoms with Gasteiger partial charge in [0, 0.05) is 24.9 Å². The highest BCUT2D eigenvalue weighted by Crippen LogP contribution is 2.31. The van der Waals surface area contributed by atoms with Crippen LogP contribution in [0.25, 0.3) is 11.0 Å². The number of para-hydroxylation sites is 1. The first-order chi connectivity index (χ1) is 11.5. The largest absolute Gasteiger partial charge is 0.459 e. The fourth-order valence-corrected chi connectivity index (χ4v) is 2.74. The van der Waals surface area contributed by atoms with E-state index in [2.05, 4.69) is 17.4 Å². The fraction of sp³-hybridized carbons (Fsp3) is 0.333. The first-order valence-electron chi connectivity index (χ1n) is 7.95. The highest BCUT2D eigenvalue weighted by Gasteiger charge is 2.16. The number of nitrogens with one attached hydrogen (secondary N) is 1. The summed E-state index contributed by atoms with van der Waals surface area (Å²) < 4.78 is 11.1. The normalized spacial score (nSPS) is 11.0. The number of hydrogen-bond donors (Lipinski definition) is 1. The van der Waals surface area contributed by atoms with Gasteiger partial charge in [0.05, 0.1) is 17.9 Å². The lowest BCUT2D eigenvalue weighted by Gasteiger charge is -2.16. The number of nitrogens with zero attached hydrogens (tertiary/aromatic N) is 2. The molecule has 1 N–H and O–H groups in total. The number of fused-ring (bicyclic) bond motifs is 1. The van der Waals surface area contributed by atoms with Crippen LogP contribution in [0.2, 0.25) is 0 Å². The zero-order chi connectivity index (χ0) is 17.3. The van der Waals surface area contributed by atoms with E-state index in [1.807, 2.05) is 38.1 Å². The molecule has 2 heterocycles. The summed E-state index contributed by atoms with van der Waals surface area (Å²) in [6.45, 7) is 6.28. The number of aromatic nitrogens is 1. The average molecular weight is 327 g/mol. The number of urea groups is 1. The lowest BCUT2D eigenvalue weighted by Crippen LogP contribution is -2.30. The van der Waals surface area contributed by atoms with E-state index in [1.54, 1.807) is 7.05 Å². The monoisotopic (exact) mass is 327 g/mol. The van der Waals surface area contributed by atoms with Crippen molar-refractivity contribution in [3.05, 3.63) is 47.0 Å². The molecule has 3 aromatic rings. The summed E-state index contributed by atoms with van der Waals surface area (Å²) in [7, 11) is 1.71. The number of benzene rings is 1. The zero-order valence-electron chi connectivity index (χ0n) is 14.3. The minimum absolute atomic E-state index is 0.233. The Morgan fingerprint density at radius 3 is 2.79 bits per heavy atom. The molecular weight excluding hydrogens is 306 g/mol. The number of aryl methyl sites for hydroxylation is 3. The Morgan fingerprint density at radius 1 is 1.33 bits per heavy atom. The molecule has 0 saturated heterocycles. The zero-order valence-corrected chi connectivity index (χ0v) is 14.3. The second-order valence-electron chi connectivity index (χ2n) is 5.91. The van der Waals surface area contributed by atoms with Crippen LogP contribution in [-0.4, -0.2) is 23.1 Å². The molecule has 3 rings (SSSR count). The van der Waals surface area contributed by atoms with Crippen LogP contribution in [0.1, 0.15) is 29.7 Å². The van der Waals surface area contributed by atoms with Crippen molar-refractivity contribution < 1.29 is 13.7 Å². The van der Waals surface area contributed by atoms with Gasteiger partial charge in [0.15, 0.2) is 11.3 Å². The molecule has 0 spiro atoms. The molecule has 126 valence electrons. The molecule has 2 aromatic heterocycles. The van der Waals surface area contributed by atoms with Gasteiger partial charge in [-0.25, -0.2) is 4.79 Å². The van der Waals surface area contributed by atoms with E-state index in [0.29, 0.717) is 23.6 Å². The number of carbonyl (C=O) groups is 1. The van der Waals surface area contributed by atoms with Crippen molar-refractivity contribution in [1.82, 2.24) is 10.1 Å². The second kappa shape index (κ2) is 6.39. The first kappa shape index (κ1) is 16.1. The second-order valence-corrected chi connectivity index (χ2v) is 5.91. The van der Waals surface area contributed by atoms with Gasteiger partial charge in [0.2, 0.25) is 0 Å². The van der Waals surface area contributed by atoms with Gasteiger partial charge < -0.3 is 19.2 Å². The Morgan fingerprint density at radius 2 is 2.12 bits per heavy atom. The van der Waals surface area contributed by atoms with Crippen LogP contribution in [0.3, 0.4) is 0 Å². The first-order valence-corrected chi connectivity index (χ1v) is 7.95. The van der Waals surface area contributed by atoms with E-state index in [9.17, 15) is 4.79 Å². The van der Waals surface area contributed by atoms with Gasteiger partial charge in [-0.3, -0.25) is 0 Å². The number of anilines is 1. The van der Waals surface area contributed by atoms with Gasteiger partial charge in [-0.05, 0) is 25.5 Å². The molecule has 0 aliphatic rings. The summed E-state index contributed by atoms with van der Waals surface area (Å²) in [5.41, 5.74) is 3.29. The number of carbonyl (C=O) groups excluding carboxylic acids is 1. The maximum absolute atomic E-state index is 12.4. The Hall–Kier alpha value is -2.76. The van der Waals surface area contributed by atoms with Crippen molar-refractivity contribution in [2.24, 2.45) is 0 Å². The van der Waals surface area contributed by atoms with E-state index in [-0.39, 0.29) is 6.03 Å².